The van der Waals surface area contributed by atoms with Gasteiger partial charge >= 0.3 is 0 Å². The van der Waals surface area contributed by atoms with Gasteiger partial charge in [0.25, 0.3) is 0 Å². The van der Waals surface area contributed by atoms with Crippen LogP contribution in [-0.4, -0.2) is 6.04 Å². The lowest BCUT2D eigenvalue weighted by atomic mass is 9.90. The van der Waals surface area contributed by atoms with Crippen molar-refractivity contribution in [2.45, 2.75) is 31.7 Å². The SMILES string of the molecule is NC1CC=C(Cc2cccc3ccccc23)CC1. The van der Waals surface area contributed by atoms with Gasteiger partial charge in [0.2, 0.25) is 0 Å². The standard InChI is InChI=1S/C17H19N/c18-16-10-8-13(9-11-16)12-15-6-3-5-14-4-1-2-7-17(14)15/h1-8,16H,9-12,18H2. The predicted molar refractivity (Wildman–Crippen MR) is 77.6 cm³/mol. The van der Waals surface area contributed by atoms with Gasteiger partial charge in [-0.05, 0) is 42.0 Å². The molecule has 1 aliphatic carbocycles. The molecular formula is C17H19N. The van der Waals surface area contributed by atoms with Crippen molar-refractivity contribution >= 4 is 10.8 Å². The Hall–Kier alpha value is -1.60. The van der Waals surface area contributed by atoms with Crippen molar-refractivity contribution in [3.8, 4) is 0 Å². The van der Waals surface area contributed by atoms with E-state index in [0.717, 1.165) is 25.7 Å². The molecule has 1 atom stereocenters. The molecule has 0 heterocycles. The Morgan fingerprint density at radius 3 is 2.72 bits per heavy atom. The van der Waals surface area contributed by atoms with Gasteiger partial charge in [-0.3, -0.25) is 0 Å². The van der Waals surface area contributed by atoms with Gasteiger partial charge in [-0.2, -0.15) is 0 Å². The minimum Gasteiger partial charge on any atom is -0.327 e. The maximum absolute atomic E-state index is 5.94. The highest BCUT2D eigenvalue weighted by Gasteiger charge is 2.11. The van der Waals surface area contributed by atoms with Crippen LogP contribution in [-0.2, 0) is 6.42 Å². The number of rotatable bonds is 2. The van der Waals surface area contributed by atoms with Gasteiger partial charge in [-0.25, -0.2) is 0 Å². The molecule has 0 aromatic heterocycles. The summed E-state index contributed by atoms with van der Waals surface area (Å²) in [5.41, 5.74) is 8.93. The van der Waals surface area contributed by atoms with Crippen LogP contribution < -0.4 is 5.73 Å². The molecule has 1 heteroatoms. The smallest absolute Gasteiger partial charge is 0.00765 e. The van der Waals surface area contributed by atoms with Crippen molar-refractivity contribution in [3.05, 3.63) is 59.7 Å². The van der Waals surface area contributed by atoms with E-state index in [1.165, 1.54) is 16.3 Å². The van der Waals surface area contributed by atoms with E-state index < -0.39 is 0 Å². The van der Waals surface area contributed by atoms with Crippen molar-refractivity contribution in [1.29, 1.82) is 0 Å². The van der Waals surface area contributed by atoms with E-state index in [1.54, 1.807) is 5.57 Å². The molecule has 2 N–H and O–H groups in total. The topological polar surface area (TPSA) is 26.0 Å². The minimum atomic E-state index is 0.376. The highest BCUT2D eigenvalue weighted by molar-refractivity contribution is 5.85. The van der Waals surface area contributed by atoms with Crippen molar-refractivity contribution < 1.29 is 0 Å². The number of hydrogen-bond acceptors (Lipinski definition) is 1. The van der Waals surface area contributed by atoms with Crippen LogP contribution in [0.4, 0.5) is 0 Å². The summed E-state index contributed by atoms with van der Waals surface area (Å²) in [6, 6.07) is 15.6. The first-order valence-corrected chi connectivity index (χ1v) is 6.73. The van der Waals surface area contributed by atoms with E-state index in [9.17, 15) is 0 Å². The van der Waals surface area contributed by atoms with E-state index in [0.29, 0.717) is 6.04 Å². The summed E-state index contributed by atoms with van der Waals surface area (Å²) in [5, 5.41) is 2.72. The molecule has 0 spiro atoms. The third kappa shape index (κ3) is 2.32. The molecule has 92 valence electrons. The summed E-state index contributed by atoms with van der Waals surface area (Å²) in [4.78, 5) is 0. The van der Waals surface area contributed by atoms with Gasteiger partial charge in [-0.1, -0.05) is 54.1 Å². The van der Waals surface area contributed by atoms with Gasteiger partial charge < -0.3 is 5.73 Å². The number of benzene rings is 2. The van der Waals surface area contributed by atoms with E-state index in [-0.39, 0.29) is 0 Å². The number of fused-ring (bicyclic) bond motifs is 1. The average Bonchev–Trinajstić information content (AvgIpc) is 2.42. The zero-order chi connectivity index (χ0) is 12.4. The molecule has 0 bridgehead atoms. The van der Waals surface area contributed by atoms with Crippen LogP contribution in [0.25, 0.3) is 10.8 Å². The Balaban J connectivity index is 1.91. The third-order valence-electron chi connectivity index (χ3n) is 3.84. The first kappa shape index (κ1) is 11.5. The lowest BCUT2D eigenvalue weighted by molar-refractivity contribution is 0.584. The van der Waals surface area contributed by atoms with Gasteiger partial charge in [-0.15, -0.1) is 0 Å². The van der Waals surface area contributed by atoms with Crippen LogP contribution >= 0.6 is 0 Å². The van der Waals surface area contributed by atoms with Crippen LogP contribution in [0, 0.1) is 0 Å². The van der Waals surface area contributed by atoms with Crippen molar-refractivity contribution in [2.24, 2.45) is 5.73 Å². The molecule has 2 aromatic carbocycles. The third-order valence-corrected chi connectivity index (χ3v) is 3.84. The normalized spacial score (nSPS) is 19.8. The Labute approximate surface area is 108 Å². The predicted octanol–water partition coefficient (Wildman–Crippen LogP) is 3.82. The summed E-state index contributed by atoms with van der Waals surface area (Å²) in [6.07, 6.45) is 6.76. The maximum atomic E-state index is 5.94. The van der Waals surface area contributed by atoms with Crippen LogP contribution in [0.3, 0.4) is 0 Å². The van der Waals surface area contributed by atoms with Crippen LogP contribution in [0.2, 0.25) is 0 Å². The van der Waals surface area contributed by atoms with Crippen molar-refractivity contribution in [3.63, 3.8) is 0 Å². The summed E-state index contributed by atoms with van der Waals surface area (Å²) in [7, 11) is 0. The molecule has 0 amide bonds. The number of allylic oxidation sites excluding steroid dienone is 1. The highest BCUT2D eigenvalue weighted by atomic mass is 14.6. The second kappa shape index (κ2) is 4.95. The lowest BCUT2D eigenvalue weighted by Crippen LogP contribution is -2.22. The molecule has 1 unspecified atom stereocenters. The molecule has 0 fully saturated rings. The zero-order valence-corrected chi connectivity index (χ0v) is 10.6. The van der Waals surface area contributed by atoms with Gasteiger partial charge in [0.05, 0.1) is 0 Å². The lowest BCUT2D eigenvalue weighted by Gasteiger charge is -2.18. The first-order chi connectivity index (χ1) is 8.83. The Bertz CT molecular complexity index is 578. The van der Waals surface area contributed by atoms with E-state index in [2.05, 4.69) is 48.5 Å². The van der Waals surface area contributed by atoms with Crippen LogP contribution in [0.15, 0.2) is 54.1 Å². The van der Waals surface area contributed by atoms with Gasteiger partial charge in [0, 0.05) is 6.04 Å². The monoisotopic (exact) mass is 237 g/mol. The molecule has 0 saturated carbocycles. The van der Waals surface area contributed by atoms with Gasteiger partial charge in [0.1, 0.15) is 0 Å². The number of hydrogen-bond donors (Lipinski definition) is 1. The van der Waals surface area contributed by atoms with Crippen LogP contribution in [0.1, 0.15) is 24.8 Å². The summed E-state index contributed by atoms with van der Waals surface area (Å²) in [6.45, 7) is 0. The van der Waals surface area contributed by atoms with Crippen LogP contribution in [0.5, 0.6) is 0 Å². The van der Waals surface area contributed by atoms with E-state index in [4.69, 9.17) is 5.73 Å². The highest BCUT2D eigenvalue weighted by Crippen LogP contribution is 2.25. The van der Waals surface area contributed by atoms with Crippen molar-refractivity contribution in [2.75, 3.05) is 0 Å². The second-order valence-electron chi connectivity index (χ2n) is 5.21. The summed E-state index contributed by atoms with van der Waals surface area (Å²) in [5.74, 6) is 0. The summed E-state index contributed by atoms with van der Waals surface area (Å²) < 4.78 is 0. The Kier molecular flexibility index (Phi) is 3.16. The molecule has 1 nitrogen and oxygen atoms in total. The fourth-order valence-electron chi connectivity index (χ4n) is 2.76. The number of nitrogens with two attached hydrogens (primary N) is 1. The molecule has 1 aliphatic rings. The van der Waals surface area contributed by atoms with Crippen molar-refractivity contribution in [1.82, 2.24) is 0 Å². The molecule has 0 radical (unpaired) electrons. The largest absolute Gasteiger partial charge is 0.327 e. The molecule has 18 heavy (non-hydrogen) atoms. The fourth-order valence-corrected chi connectivity index (χ4v) is 2.76. The molecular weight excluding hydrogens is 218 g/mol. The molecule has 2 aromatic rings. The quantitative estimate of drug-likeness (QED) is 0.789. The molecule has 0 aliphatic heterocycles. The Morgan fingerprint density at radius 2 is 1.89 bits per heavy atom. The van der Waals surface area contributed by atoms with E-state index >= 15 is 0 Å². The second-order valence-corrected chi connectivity index (χ2v) is 5.21. The fraction of sp³-hybridized carbons (Fsp3) is 0.294. The first-order valence-electron chi connectivity index (χ1n) is 6.73. The maximum Gasteiger partial charge on any atom is 0.00765 e. The zero-order valence-electron chi connectivity index (χ0n) is 10.6. The molecule has 3 rings (SSSR count). The molecule has 0 saturated heterocycles. The minimum absolute atomic E-state index is 0.376. The Morgan fingerprint density at radius 1 is 1.06 bits per heavy atom. The average molecular weight is 237 g/mol. The van der Waals surface area contributed by atoms with Gasteiger partial charge in [0.15, 0.2) is 0 Å². The van der Waals surface area contributed by atoms with E-state index in [1.807, 2.05) is 0 Å². The summed E-state index contributed by atoms with van der Waals surface area (Å²) >= 11 is 0.